The van der Waals surface area contributed by atoms with Crippen LogP contribution in [-0.2, 0) is 31.4 Å². The van der Waals surface area contributed by atoms with Gasteiger partial charge in [-0.2, -0.15) is 12.7 Å². The lowest BCUT2D eigenvalue weighted by molar-refractivity contribution is -0.135. The van der Waals surface area contributed by atoms with Gasteiger partial charge in [-0.15, -0.1) is 0 Å². The summed E-state index contributed by atoms with van der Waals surface area (Å²) in [5, 5.41) is 1.98. The molecular weight excluding hydrogens is 699 g/mol. The van der Waals surface area contributed by atoms with E-state index < -0.39 is 26.2 Å². The molecule has 1 aliphatic rings. The predicted molar refractivity (Wildman–Crippen MR) is 200 cm³/mol. The second kappa shape index (κ2) is 14.3. The SMILES string of the molecule is Cc1ccc(N2CCN(C(=O)[C@H](Cc3ccc(OS(=O)(=O)c4nccc5ccccc45)cc3)N(C)S(=O)(=O)c3nccc4ccccc34)CC2)cc1. The van der Waals surface area contributed by atoms with Crippen molar-refractivity contribution in [3.05, 3.63) is 133 Å². The van der Waals surface area contributed by atoms with E-state index in [1.807, 2.05) is 25.1 Å². The Morgan fingerprint density at radius 1 is 0.731 bits per heavy atom. The normalized spacial score (nSPS) is 14.5. The number of nitrogens with zero attached hydrogens (tertiary/aromatic N) is 5. The summed E-state index contributed by atoms with van der Waals surface area (Å²) in [6, 6.07) is 30.9. The van der Waals surface area contributed by atoms with Crippen LogP contribution in [-0.4, -0.2) is 81.2 Å². The molecular formula is C39H37N5O6S2. The molecule has 4 aromatic carbocycles. The quantitative estimate of drug-likeness (QED) is 0.169. The first-order valence-electron chi connectivity index (χ1n) is 16.8. The summed E-state index contributed by atoms with van der Waals surface area (Å²) in [5.74, 6) is -0.283. The fourth-order valence-corrected chi connectivity index (χ4v) is 9.00. The third-order valence-electron chi connectivity index (χ3n) is 9.41. The standard InChI is InChI=1S/C39H37N5O6S2/c1-28-11-15-32(16-12-28)43-23-25-44(26-24-43)39(45)36(42(2)51(46,47)37-34-9-5-3-7-30(34)19-21-40-37)27-29-13-17-33(18-14-29)50-52(48,49)38-35-10-6-4-8-31(35)20-22-41-38/h3-22,36H,23-27H2,1-2H3/t36-/m0/s1. The average Bonchev–Trinajstić information content (AvgIpc) is 3.17. The van der Waals surface area contributed by atoms with E-state index in [9.17, 15) is 21.6 Å². The first-order valence-corrected chi connectivity index (χ1v) is 19.7. The fourth-order valence-electron chi connectivity index (χ4n) is 6.49. The van der Waals surface area contributed by atoms with Crippen LogP contribution in [0.5, 0.6) is 5.75 Å². The van der Waals surface area contributed by atoms with Crippen LogP contribution in [0.3, 0.4) is 0 Å². The number of likely N-dealkylation sites (N-methyl/N-ethyl adjacent to an activating group) is 1. The van der Waals surface area contributed by atoms with Crippen molar-refractivity contribution in [2.24, 2.45) is 0 Å². The van der Waals surface area contributed by atoms with E-state index in [1.54, 1.807) is 59.5 Å². The summed E-state index contributed by atoms with van der Waals surface area (Å²) in [5.41, 5.74) is 2.84. The van der Waals surface area contributed by atoms with E-state index in [0.29, 0.717) is 53.3 Å². The highest BCUT2D eigenvalue weighted by Gasteiger charge is 2.38. The third kappa shape index (κ3) is 7.07. The van der Waals surface area contributed by atoms with Crippen LogP contribution in [0.4, 0.5) is 5.69 Å². The molecule has 266 valence electrons. The number of fused-ring (bicyclic) bond motifs is 2. The highest BCUT2D eigenvalue weighted by Crippen LogP contribution is 2.28. The zero-order valence-corrected chi connectivity index (χ0v) is 30.3. The maximum absolute atomic E-state index is 14.4. The number of piperazine rings is 1. The first kappa shape index (κ1) is 35.1. The number of carbonyl (C=O) groups excluding carboxylic acids is 1. The lowest BCUT2D eigenvalue weighted by Crippen LogP contribution is -2.56. The van der Waals surface area contributed by atoms with Gasteiger partial charge in [0.05, 0.1) is 0 Å². The van der Waals surface area contributed by atoms with E-state index in [0.717, 1.165) is 15.6 Å². The van der Waals surface area contributed by atoms with Gasteiger partial charge in [-0.25, -0.2) is 18.4 Å². The Kier molecular flexibility index (Phi) is 9.66. The van der Waals surface area contributed by atoms with Crippen LogP contribution in [0, 0.1) is 6.92 Å². The number of amides is 1. The molecule has 0 N–H and O–H groups in total. The van der Waals surface area contributed by atoms with Crippen LogP contribution in [0.25, 0.3) is 21.5 Å². The molecule has 0 unspecified atom stereocenters. The van der Waals surface area contributed by atoms with Crippen LogP contribution in [0.2, 0.25) is 0 Å². The molecule has 6 aromatic rings. The predicted octanol–water partition coefficient (Wildman–Crippen LogP) is 5.44. The van der Waals surface area contributed by atoms with Gasteiger partial charge in [-0.1, -0.05) is 78.4 Å². The van der Waals surface area contributed by atoms with Gasteiger partial charge < -0.3 is 14.0 Å². The second-order valence-electron chi connectivity index (χ2n) is 12.7. The largest absolute Gasteiger partial charge is 0.378 e. The first-order chi connectivity index (χ1) is 25.0. The van der Waals surface area contributed by atoms with E-state index in [-0.39, 0.29) is 28.1 Å². The number of aryl methyl sites for hydroxylation is 1. The monoisotopic (exact) mass is 735 g/mol. The lowest BCUT2D eigenvalue weighted by Gasteiger charge is -2.39. The smallest absolute Gasteiger partial charge is 0.357 e. The van der Waals surface area contributed by atoms with Gasteiger partial charge in [0.1, 0.15) is 11.8 Å². The molecule has 1 saturated heterocycles. The van der Waals surface area contributed by atoms with Crippen LogP contribution in [0.15, 0.2) is 132 Å². The number of hydrogen-bond donors (Lipinski definition) is 0. The Hall–Kier alpha value is -5.37. The third-order valence-corrected chi connectivity index (χ3v) is 12.4. The summed E-state index contributed by atoms with van der Waals surface area (Å²) < 4.78 is 61.7. The average molecular weight is 736 g/mol. The van der Waals surface area contributed by atoms with Gasteiger partial charge >= 0.3 is 10.1 Å². The van der Waals surface area contributed by atoms with Crippen molar-refractivity contribution in [2.45, 2.75) is 29.4 Å². The summed E-state index contributed by atoms with van der Waals surface area (Å²) in [6.45, 7) is 4.04. The zero-order valence-electron chi connectivity index (χ0n) is 28.7. The van der Waals surface area contributed by atoms with Gasteiger partial charge in [-0.3, -0.25) is 4.79 Å². The minimum absolute atomic E-state index is 0.0232. The maximum Gasteiger partial charge on any atom is 0.357 e. The zero-order chi connectivity index (χ0) is 36.5. The molecule has 0 radical (unpaired) electrons. The Balaban J connectivity index is 1.15. The van der Waals surface area contributed by atoms with Gasteiger partial charge in [-0.05, 0) is 66.1 Å². The number of rotatable bonds is 10. The Morgan fingerprint density at radius 2 is 1.29 bits per heavy atom. The molecule has 0 bridgehead atoms. The molecule has 13 heteroatoms. The summed E-state index contributed by atoms with van der Waals surface area (Å²) in [6.07, 6.45) is 2.89. The van der Waals surface area contributed by atoms with E-state index in [1.165, 1.54) is 31.6 Å². The van der Waals surface area contributed by atoms with E-state index in [4.69, 9.17) is 4.18 Å². The molecule has 1 aliphatic heterocycles. The van der Waals surface area contributed by atoms with Crippen molar-refractivity contribution in [1.29, 1.82) is 0 Å². The molecule has 0 spiro atoms. The van der Waals surface area contributed by atoms with Crippen molar-refractivity contribution in [1.82, 2.24) is 19.2 Å². The summed E-state index contributed by atoms with van der Waals surface area (Å²) in [4.78, 5) is 26.6. The molecule has 11 nitrogen and oxygen atoms in total. The summed E-state index contributed by atoms with van der Waals surface area (Å²) in [7, 11) is -7.13. The van der Waals surface area contributed by atoms with Crippen molar-refractivity contribution < 1.29 is 25.8 Å². The molecule has 1 amide bonds. The number of hydrogen-bond acceptors (Lipinski definition) is 9. The number of benzene rings is 4. The van der Waals surface area contributed by atoms with Crippen molar-refractivity contribution in [2.75, 3.05) is 38.1 Å². The van der Waals surface area contributed by atoms with Crippen molar-refractivity contribution in [3.8, 4) is 5.75 Å². The van der Waals surface area contributed by atoms with Gasteiger partial charge in [0.25, 0.3) is 10.0 Å². The molecule has 7 rings (SSSR count). The lowest BCUT2D eigenvalue weighted by atomic mass is 10.0. The molecule has 52 heavy (non-hydrogen) atoms. The fraction of sp³-hybridized carbons (Fsp3) is 0.205. The van der Waals surface area contributed by atoms with Crippen LogP contribution < -0.4 is 9.08 Å². The molecule has 0 saturated carbocycles. The molecule has 1 atom stereocenters. The Labute approximate surface area is 303 Å². The summed E-state index contributed by atoms with van der Waals surface area (Å²) >= 11 is 0. The van der Waals surface area contributed by atoms with Gasteiger partial charge in [0.15, 0.2) is 5.03 Å². The Bertz CT molecular complexity index is 2460. The molecule has 3 heterocycles. The van der Waals surface area contributed by atoms with Crippen molar-refractivity contribution in [3.63, 3.8) is 0 Å². The number of carbonyl (C=O) groups is 1. The Morgan fingerprint density at radius 3 is 1.90 bits per heavy atom. The minimum atomic E-state index is -4.28. The second-order valence-corrected chi connectivity index (χ2v) is 16.1. The maximum atomic E-state index is 14.4. The number of sulfonamides is 1. The number of pyridine rings is 2. The topological polar surface area (TPSA) is 130 Å². The number of anilines is 1. The number of aromatic nitrogens is 2. The highest BCUT2D eigenvalue weighted by atomic mass is 32.2. The highest BCUT2D eigenvalue weighted by molar-refractivity contribution is 7.89. The van der Waals surface area contributed by atoms with Crippen molar-refractivity contribution >= 4 is 53.3 Å². The van der Waals surface area contributed by atoms with E-state index in [2.05, 4.69) is 39.1 Å². The van der Waals surface area contributed by atoms with Gasteiger partial charge in [0.2, 0.25) is 10.9 Å². The van der Waals surface area contributed by atoms with Crippen LogP contribution in [0.1, 0.15) is 11.1 Å². The van der Waals surface area contributed by atoms with Crippen LogP contribution >= 0.6 is 0 Å². The molecule has 0 aliphatic carbocycles. The minimum Gasteiger partial charge on any atom is -0.378 e. The van der Waals surface area contributed by atoms with Gasteiger partial charge in [0, 0.05) is 62.1 Å². The molecule has 1 fully saturated rings. The molecule has 2 aromatic heterocycles. The van der Waals surface area contributed by atoms with E-state index >= 15 is 0 Å².